The first-order valence-electron chi connectivity index (χ1n) is 19.0. The fourth-order valence-corrected chi connectivity index (χ4v) is 8.61. The molecule has 2 atom stereocenters. The summed E-state index contributed by atoms with van der Waals surface area (Å²) >= 11 is 0. The van der Waals surface area contributed by atoms with E-state index in [0.717, 1.165) is 77.9 Å². The second kappa shape index (κ2) is 13.5. The molecule has 0 N–H and O–H groups in total. The number of hydrogen-bond donors (Lipinski definition) is 0. The maximum Gasteiger partial charge on any atom is 0.136 e. The Morgan fingerprint density at radius 3 is 2.53 bits per heavy atom. The van der Waals surface area contributed by atoms with Gasteiger partial charge in [0.15, 0.2) is 0 Å². The average Bonchev–Trinajstić information content (AvgIpc) is 3.60. The van der Waals surface area contributed by atoms with Crippen LogP contribution in [-0.2, 0) is 11.3 Å². The number of rotatable bonds is 5. The van der Waals surface area contributed by atoms with Gasteiger partial charge in [-0.15, -0.1) is 0 Å². The Bertz CT molecular complexity index is 2580. The molecule has 0 spiro atoms. The molecule has 0 amide bonds. The van der Waals surface area contributed by atoms with Gasteiger partial charge in [-0.2, -0.15) is 0 Å². The van der Waals surface area contributed by atoms with Crippen LogP contribution in [0.2, 0.25) is 0 Å². The molecule has 0 bridgehead atoms. The van der Waals surface area contributed by atoms with E-state index in [4.69, 9.17) is 19.1 Å². The summed E-state index contributed by atoms with van der Waals surface area (Å²) in [7, 11) is 0. The Labute approximate surface area is 310 Å². The first-order chi connectivity index (χ1) is 26.3. The number of ether oxygens (including phenoxy) is 1. The second-order valence-electron chi connectivity index (χ2n) is 14.5. The maximum atomic E-state index is 6.71. The van der Waals surface area contributed by atoms with Gasteiger partial charge in [-0.05, 0) is 96.2 Å². The van der Waals surface area contributed by atoms with E-state index in [9.17, 15) is 0 Å². The molecule has 0 fully saturated rings. The molecule has 5 aromatic rings. The van der Waals surface area contributed by atoms with Gasteiger partial charge in [0, 0.05) is 39.5 Å². The zero-order valence-corrected chi connectivity index (χ0v) is 29.7. The largest absolute Gasteiger partial charge is 0.492 e. The molecule has 258 valence electrons. The molecular formula is C49H40N2O2. The summed E-state index contributed by atoms with van der Waals surface area (Å²) in [6.45, 7) is 0.574. The molecule has 2 unspecified atom stereocenters. The highest BCUT2D eigenvalue weighted by molar-refractivity contribution is 6.10. The van der Waals surface area contributed by atoms with Crippen molar-refractivity contribution in [1.29, 1.82) is 0 Å². The molecule has 53 heavy (non-hydrogen) atoms. The summed E-state index contributed by atoms with van der Waals surface area (Å²) < 4.78 is 13.1. The minimum atomic E-state index is 0.0276. The van der Waals surface area contributed by atoms with Gasteiger partial charge in [-0.1, -0.05) is 121 Å². The predicted octanol–water partition coefficient (Wildman–Crippen LogP) is 12.5. The van der Waals surface area contributed by atoms with E-state index < -0.39 is 0 Å². The molecule has 0 saturated heterocycles. The molecular weight excluding hydrogens is 649 g/mol. The predicted molar refractivity (Wildman–Crippen MR) is 219 cm³/mol. The number of hydrogen-bond acceptors (Lipinski definition) is 4. The van der Waals surface area contributed by atoms with Gasteiger partial charge in [0.1, 0.15) is 29.4 Å². The summed E-state index contributed by atoms with van der Waals surface area (Å²) in [5.74, 6) is 2.13. The van der Waals surface area contributed by atoms with Gasteiger partial charge in [0.25, 0.3) is 0 Å². The summed E-state index contributed by atoms with van der Waals surface area (Å²) in [5.41, 5.74) is 13.8. The van der Waals surface area contributed by atoms with Crippen LogP contribution in [-0.4, -0.2) is 11.5 Å². The molecule has 4 heteroatoms. The number of amidine groups is 1. The van der Waals surface area contributed by atoms with Gasteiger partial charge in [0.05, 0.1) is 5.70 Å². The van der Waals surface area contributed by atoms with E-state index in [1.54, 1.807) is 0 Å². The molecule has 1 aromatic heterocycles. The first-order valence-corrected chi connectivity index (χ1v) is 19.0. The highest BCUT2D eigenvalue weighted by Crippen LogP contribution is 2.49. The maximum absolute atomic E-state index is 6.71. The van der Waals surface area contributed by atoms with E-state index >= 15 is 0 Å². The molecule has 5 aliphatic rings. The number of benzene rings is 4. The number of furan rings is 1. The fraction of sp³-hybridized carbons (Fsp3) is 0.184. The van der Waals surface area contributed by atoms with Crippen LogP contribution in [0.25, 0.3) is 38.8 Å². The summed E-state index contributed by atoms with van der Waals surface area (Å²) in [4.78, 5) is 10.7. The smallest absolute Gasteiger partial charge is 0.136 e. The van der Waals surface area contributed by atoms with Gasteiger partial charge < -0.3 is 9.15 Å². The molecule has 4 aromatic carbocycles. The number of para-hydroxylation sites is 1. The van der Waals surface area contributed by atoms with Crippen molar-refractivity contribution in [2.75, 3.05) is 0 Å². The average molecular weight is 689 g/mol. The van der Waals surface area contributed by atoms with Crippen LogP contribution in [0.4, 0.5) is 0 Å². The lowest BCUT2D eigenvalue weighted by Crippen LogP contribution is -2.17. The highest BCUT2D eigenvalue weighted by Gasteiger charge is 2.33. The van der Waals surface area contributed by atoms with Crippen LogP contribution in [0, 0.1) is 5.92 Å². The minimum absolute atomic E-state index is 0.0276. The SMILES string of the molecule is C1=CCCC(/C2=N/C(C3C=CC=CC3)=N\C(c3cccc(C4=CC5=C(OCc6ccccc65)C(c5cccc6oc7ccccc7c56)C4)c3)=C/CC2)=C1. The standard InChI is InChI=1S/C49H40N2O2/c1-3-14-32(15-4-1)43-24-13-25-44(51-49(50-43)33-16-5-2-6-17-33)35-20-11-19-34(28-35)37-29-41-38-21-8-7-18-36(38)31-52-48(41)42(30-37)39-23-12-27-46-47(39)40-22-9-10-26-45(40)53-46/h1-3,5-12,14,16,18-23,25-29,33,42H,4,13,15,17,24,30-31H2/b44-25-,50-43+,51-49-. The van der Waals surface area contributed by atoms with Crippen LogP contribution in [0.3, 0.4) is 0 Å². The minimum Gasteiger partial charge on any atom is -0.492 e. The molecule has 10 rings (SSSR count). The number of fused-ring (bicyclic) bond motifs is 5. The summed E-state index contributed by atoms with van der Waals surface area (Å²) in [5, 5.41) is 2.32. The first kappa shape index (κ1) is 31.7. The third-order valence-corrected chi connectivity index (χ3v) is 11.3. The van der Waals surface area contributed by atoms with Crippen LogP contribution >= 0.6 is 0 Å². The van der Waals surface area contributed by atoms with Crippen molar-refractivity contribution in [2.24, 2.45) is 15.9 Å². The van der Waals surface area contributed by atoms with Gasteiger partial charge in [0.2, 0.25) is 0 Å². The number of aliphatic imine (C=N–C) groups is 2. The third kappa shape index (κ3) is 5.89. The Balaban J connectivity index is 1.08. The Morgan fingerprint density at radius 2 is 1.60 bits per heavy atom. The van der Waals surface area contributed by atoms with Crippen molar-refractivity contribution >= 4 is 50.3 Å². The lowest BCUT2D eigenvalue weighted by molar-refractivity contribution is 0.177. The van der Waals surface area contributed by atoms with Crippen molar-refractivity contribution in [1.82, 2.24) is 0 Å². The van der Waals surface area contributed by atoms with Crippen LogP contribution < -0.4 is 0 Å². The van der Waals surface area contributed by atoms with E-state index in [1.807, 2.05) is 6.07 Å². The van der Waals surface area contributed by atoms with Crippen molar-refractivity contribution in [3.05, 3.63) is 185 Å². The third-order valence-electron chi connectivity index (χ3n) is 11.3. The van der Waals surface area contributed by atoms with Crippen molar-refractivity contribution < 1.29 is 9.15 Å². The normalized spacial score (nSPS) is 24.0. The Morgan fingerprint density at radius 1 is 0.717 bits per heavy atom. The van der Waals surface area contributed by atoms with Crippen LogP contribution in [0.1, 0.15) is 72.3 Å². The zero-order valence-electron chi connectivity index (χ0n) is 29.7. The van der Waals surface area contributed by atoms with E-state index in [1.165, 1.54) is 50.1 Å². The van der Waals surface area contributed by atoms with Crippen molar-refractivity contribution in [2.45, 2.75) is 51.0 Å². The topological polar surface area (TPSA) is 47.1 Å². The molecule has 2 aliphatic heterocycles. The quantitative estimate of drug-likeness (QED) is 0.184. The van der Waals surface area contributed by atoms with E-state index in [0.29, 0.717) is 6.61 Å². The number of allylic oxidation sites excluding steroid dienone is 12. The lowest BCUT2D eigenvalue weighted by Gasteiger charge is -2.33. The van der Waals surface area contributed by atoms with Crippen molar-refractivity contribution in [3.8, 4) is 0 Å². The fourth-order valence-electron chi connectivity index (χ4n) is 8.61. The summed E-state index contributed by atoms with van der Waals surface area (Å²) in [6, 6.07) is 32.5. The molecule has 0 saturated carbocycles. The number of nitrogens with zero attached hydrogens (tertiary/aromatic N) is 2. The zero-order chi connectivity index (χ0) is 35.1. The van der Waals surface area contributed by atoms with Crippen molar-refractivity contribution in [3.63, 3.8) is 0 Å². The molecule has 0 radical (unpaired) electrons. The highest BCUT2D eigenvalue weighted by atomic mass is 16.5. The van der Waals surface area contributed by atoms with Gasteiger partial charge in [-0.25, -0.2) is 9.98 Å². The lowest BCUT2D eigenvalue weighted by atomic mass is 9.77. The van der Waals surface area contributed by atoms with Gasteiger partial charge in [-0.3, -0.25) is 0 Å². The van der Waals surface area contributed by atoms with E-state index in [2.05, 4.69) is 140 Å². The van der Waals surface area contributed by atoms with Crippen LogP contribution in [0.15, 0.2) is 171 Å². The monoisotopic (exact) mass is 688 g/mol. The second-order valence-corrected chi connectivity index (χ2v) is 14.5. The molecule has 3 aliphatic carbocycles. The molecule has 4 nitrogen and oxygen atoms in total. The Kier molecular flexibility index (Phi) is 8.09. The molecule has 3 heterocycles. The Hall–Kier alpha value is -6.00. The van der Waals surface area contributed by atoms with E-state index in [-0.39, 0.29) is 11.8 Å². The van der Waals surface area contributed by atoms with Gasteiger partial charge >= 0.3 is 0 Å². The van der Waals surface area contributed by atoms with Crippen LogP contribution in [0.5, 0.6) is 0 Å². The summed E-state index contributed by atoms with van der Waals surface area (Å²) in [6.07, 6.45) is 25.7.